The van der Waals surface area contributed by atoms with Crippen molar-refractivity contribution in [2.45, 2.75) is 32.2 Å². The Bertz CT molecular complexity index is 263. The van der Waals surface area contributed by atoms with Gasteiger partial charge in [0.1, 0.15) is 0 Å². The van der Waals surface area contributed by atoms with E-state index in [9.17, 15) is 0 Å². The molecule has 1 aromatic rings. The zero-order chi connectivity index (χ0) is 10.4. The monoisotopic (exact) mass is 212 g/mol. The number of nitrogens with one attached hydrogen (secondary N) is 1. The standard InChI is InChI=1S/C11H17ClN2/c1-3-11(2,6-7-12)14-10-4-8-13-9-5-10/h4-5,8-9H,3,6-7H2,1-2H3,(H,13,14). The molecule has 0 amide bonds. The van der Waals surface area contributed by atoms with E-state index in [0.717, 1.165) is 18.5 Å². The van der Waals surface area contributed by atoms with Crippen molar-refractivity contribution in [3.05, 3.63) is 24.5 Å². The maximum Gasteiger partial charge on any atom is 0.0375 e. The van der Waals surface area contributed by atoms with Crippen LogP contribution in [0.2, 0.25) is 0 Å². The summed E-state index contributed by atoms with van der Waals surface area (Å²) in [5.74, 6) is 0.683. The molecule has 0 aromatic carbocycles. The van der Waals surface area contributed by atoms with Gasteiger partial charge in [0, 0.05) is 29.5 Å². The highest BCUT2D eigenvalue weighted by molar-refractivity contribution is 6.17. The van der Waals surface area contributed by atoms with Crippen LogP contribution >= 0.6 is 11.6 Å². The van der Waals surface area contributed by atoms with Gasteiger partial charge in [-0.1, -0.05) is 6.92 Å². The van der Waals surface area contributed by atoms with Crippen LogP contribution in [-0.2, 0) is 0 Å². The zero-order valence-corrected chi connectivity index (χ0v) is 9.51. The molecule has 3 heteroatoms. The van der Waals surface area contributed by atoms with Gasteiger partial charge >= 0.3 is 0 Å². The first-order valence-electron chi connectivity index (χ1n) is 4.94. The Labute approximate surface area is 90.7 Å². The van der Waals surface area contributed by atoms with Crippen LogP contribution in [0, 0.1) is 0 Å². The smallest absolute Gasteiger partial charge is 0.0375 e. The molecule has 0 spiro atoms. The fourth-order valence-corrected chi connectivity index (χ4v) is 1.74. The summed E-state index contributed by atoms with van der Waals surface area (Å²) in [6, 6.07) is 3.95. The number of alkyl halides is 1. The average Bonchev–Trinajstić information content (AvgIpc) is 2.20. The van der Waals surface area contributed by atoms with Crippen LogP contribution in [0.4, 0.5) is 5.69 Å². The summed E-state index contributed by atoms with van der Waals surface area (Å²) in [7, 11) is 0. The number of aromatic nitrogens is 1. The van der Waals surface area contributed by atoms with Crippen molar-refractivity contribution in [2.24, 2.45) is 0 Å². The van der Waals surface area contributed by atoms with Crippen molar-refractivity contribution in [3.8, 4) is 0 Å². The first kappa shape index (κ1) is 11.3. The topological polar surface area (TPSA) is 24.9 Å². The molecule has 0 bridgehead atoms. The van der Waals surface area contributed by atoms with E-state index in [0.29, 0.717) is 5.88 Å². The maximum atomic E-state index is 5.78. The van der Waals surface area contributed by atoms with Crippen LogP contribution in [0.15, 0.2) is 24.5 Å². The summed E-state index contributed by atoms with van der Waals surface area (Å²) in [4.78, 5) is 3.98. The molecular formula is C11H17ClN2. The molecule has 0 aliphatic rings. The Hall–Kier alpha value is -0.760. The van der Waals surface area contributed by atoms with E-state index in [1.54, 1.807) is 12.4 Å². The molecule has 0 fully saturated rings. The molecule has 1 unspecified atom stereocenters. The van der Waals surface area contributed by atoms with E-state index in [1.165, 1.54) is 0 Å². The van der Waals surface area contributed by atoms with Crippen LogP contribution in [0.5, 0.6) is 0 Å². The lowest BCUT2D eigenvalue weighted by Crippen LogP contribution is -2.34. The zero-order valence-electron chi connectivity index (χ0n) is 8.76. The number of anilines is 1. The third-order valence-electron chi connectivity index (χ3n) is 2.55. The lowest BCUT2D eigenvalue weighted by atomic mass is 9.95. The van der Waals surface area contributed by atoms with Gasteiger partial charge in [-0.3, -0.25) is 4.98 Å². The minimum Gasteiger partial charge on any atom is -0.380 e. The fraction of sp³-hybridized carbons (Fsp3) is 0.545. The van der Waals surface area contributed by atoms with Crippen molar-refractivity contribution < 1.29 is 0 Å². The van der Waals surface area contributed by atoms with Crippen molar-refractivity contribution in [1.29, 1.82) is 0 Å². The number of nitrogens with zero attached hydrogens (tertiary/aromatic N) is 1. The predicted octanol–water partition coefficient (Wildman–Crippen LogP) is 3.29. The predicted molar refractivity (Wildman–Crippen MR) is 61.9 cm³/mol. The van der Waals surface area contributed by atoms with Gasteiger partial charge < -0.3 is 5.32 Å². The van der Waals surface area contributed by atoms with Crippen LogP contribution in [0.3, 0.4) is 0 Å². The van der Waals surface area contributed by atoms with Gasteiger partial charge in [-0.05, 0) is 31.9 Å². The molecule has 78 valence electrons. The maximum absolute atomic E-state index is 5.78. The highest BCUT2D eigenvalue weighted by Crippen LogP contribution is 2.21. The van der Waals surface area contributed by atoms with Gasteiger partial charge in [-0.2, -0.15) is 0 Å². The molecule has 1 atom stereocenters. The Morgan fingerprint density at radius 3 is 2.57 bits per heavy atom. The Kier molecular flexibility index (Phi) is 4.21. The Morgan fingerprint density at radius 2 is 2.07 bits per heavy atom. The SMILES string of the molecule is CCC(C)(CCCl)Nc1ccncc1. The Morgan fingerprint density at radius 1 is 1.43 bits per heavy atom. The van der Waals surface area contributed by atoms with Gasteiger partial charge in [0.25, 0.3) is 0 Å². The van der Waals surface area contributed by atoms with Crippen molar-refractivity contribution in [2.75, 3.05) is 11.2 Å². The Balaban J connectivity index is 2.65. The molecule has 0 aliphatic carbocycles. The quantitative estimate of drug-likeness (QED) is 0.758. The second-order valence-electron chi connectivity index (χ2n) is 3.71. The molecule has 1 rings (SSSR count). The number of hydrogen-bond donors (Lipinski definition) is 1. The molecule has 14 heavy (non-hydrogen) atoms. The van der Waals surface area contributed by atoms with E-state index >= 15 is 0 Å². The number of rotatable bonds is 5. The second-order valence-corrected chi connectivity index (χ2v) is 4.09. The highest BCUT2D eigenvalue weighted by Gasteiger charge is 2.20. The molecule has 0 saturated heterocycles. The molecule has 0 aliphatic heterocycles. The fourth-order valence-electron chi connectivity index (χ4n) is 1.32. The van der Waals surface area contributed by atoms with Crippen molar-refractivity contribution >= 4 is 17.3 Å². The summed E-state index contributed by atoms with van der Waals surface area (Å²) >= 11 is 5.78. The van der Waals surface area contributed by atoms with Gasteiger partial charge in [0.15, 0.2) is 0 Å². The number of hydrogen-bond acceptors (Lipinski definition) is 2. The van der Waals surface area contributed by atoms with E-state index in [-0.39, 0.29) is 5.54 Å². The lowest BCUT2D eigenvalue weighted by molar-refractivity contribution is 0.481. The molecule has 0 radical (unpaired) electrons. The van der Waals surface area contributed by atoms with E-state index in [4.69, 9.17) is 11.6 Å². The van der Waals surface area contributed by atoms with Crippen LogP contribution in [-0.4, -0.2) is 16.4 Å². The molecule has 2 nitrogen and oxygen atoms in total. The summed E-state index contributed by atoms with van der Waals surface area (Å²) < 4.78 is 0. The van der Waals surface area contributed by atoms with E-state index < -0.39 is 0 Å². The van der Waals surface area contributed by atoms with E-state index in [1.807, 2.05) is 12.1 Å². The summed E-state index contributed by atoms with van der Waals surface area (Å²) in [5, 5.41) is 3.48. The van der Waals surface area contributed by atoms with Crippen molar-refractivity contribution in [3.63, 3.8) is 0 Å². The molecule has 1 heterocycles. The van der Waals surface area contributed by atoms with Gasteiger partial charge in [-0.25, -0.2) is 0 Å². The summed E-state index contributed by atoms with van der Waals surface area (Å²) in [5.41, 5.74) is 1.19. The molecule has 0 saturated carbocycles. The highest BCUT2D eigenvalue weighted by atomic mass is 35.5. The third kappa shape index (κ3) is 3.18. The summed E-state index contributed by atoms with van der Waals surface area (Å²) in [6.45, 7) is 4.36. The van der Waals surface area contributed by atoms with Crippen LogP contribution in [0.25, 0.3) is 0 Å². The second kappa shape index (κ2) is 5.20. The van der Waals surface area contributed by atoms with Gasteiger partial charge in [0.2, 0.25) is 0 Å². The number of halogens is 1. The average molecular weight is 213 g/mol. The number of pyridine rings is 1. The largest absolute Gasteiger partial charge is 0.380 e. The van der Waals surface area contributed by atoms with E-state index in [2.05, 4.69) is 24.1 Å². The minimum atomic E-state index is 0.0864. The van der Waals surface area contributed by atoms with Gasteiger partial charge in [-0.15, -0.1) is 11.6 Å². The molecular weight excluding hydrogens is 196 g/mol. The van der Waals surface area contributed by atoms with Gasteiger partial charge in [0.05, 0.1) is 0 Å². The van der Waals surface area contributed by atoms with Crippen molar-refractivity contribution in [1.82, 2.24) is 4.98 Å². The van der Waals surface area contributed by atoms with Crippen LogP contribution < -0.4 is 5.32 Å². The first-order valence-corrected chi connectivity index (χ1v) is 5.48. The lowest BCUT2D eigenvalue weighted by Gasteiger charge is -2.30. The summed E-state index contributed by atoms with van der Waals surface area (Å²) in [6.07, 6.45) is 5.60. The van der Waals surface area contributed by atoms with Crippen LogP contribution in [0.1, 0.15) is 26.7 Å². The third-order valence-corrected chi connectivity index (χ3v) is 2.74. The molecule has 1 N–H and O–H groups in total. The normalized spacial score (nSPS) is 14.8. The molecule has 1 aromatic heterocycles. The first-order chi connectivity index (χ1) is 6.70. The minimum absolute atomic E-state index is 0.0864.